The van der Waals surface area contributed by atoms with Crippen molar-refractivity contribution in [3.05, 3.63) is 59.2 Å². The minimum atomic E-state index is 1.01. The highest BCUT2D eigenvalue weighted by molar-refractivity contribution is 5.66. The molecule has 86 valence electrons. The molecule has 0 bridgehead atoms. The first-order chi connectivity index (χ1) is 8.36. The van der Waals surface area contributed by atoms with Crippen molar-refractivity contribution in [1.82, 2.24) is 5.32 Å². The monoisotopic (exact) mass is 223 g/mol. The predicted molar refractivity (Wildman–Crippen MR) is 71.8 cm³/mol. The molecule has 2 aromatic carbocycles. The van der Waals surface area contributed by atoms with Gasteiger partial charge in [-0.2, -0.15) is 0 Å². The van der Waals surface area contributed by atoms with Crippen molar-refractivity contribution in [2.75, 3.05) is 0 Å². The van der Waals surface area contributed by atoms with Crippen LogP contribution in [0, 0.1) is 0 Å². The first-order valence-corrected chi connectivity index (χ1v) is 6.28. The fraction of sp³-hybridized carbons (Fsp3) is 0.250. The molecule has 0 spiro atoms. The lowest BCUT2D eigenvalue weighted by atomic mass is 9.98. The van der Waals surface area contributed by atoms with E-state index < -0.39 is 0 Å². The maximum Gasteiger partial charge on any atom is 0.0212 e. The quantitative estimate of drug-likeness (QED) is 0.821. The molecule has 1 aliphatic rings. The zero-order valence-electron chi connectivity index (χ0n) is 10.2. The van der Waals surface area contributed by atoms with E-state index in [0.29, 0.717) is 0 Å². The van der Waals surface area contributed by atoms with Gasteiger partial charge in [-0.1, -0.05) is 43.3 Å². The minimum absolute atomic E-state index is 1.01. The van der Waals surface area contributed by atoms with Gasteiger partial charge < -0.3 is 5.32 Å². The lowest BCUT2D eigenvalue weighted by Crippen LogP contribution is -1.99. The molecule has 1 N–H and O–H groups in total. The Balaban J connectivity index is 2.03. The molecule has 1 nitrogen and oxygen atoms in total. The van der Waals surface area contributed by atoms with Crippen LogP contribution in [0.1, 0.15) is 23.6 Å². The first-order valence-electron chi connectivity index (χ1n) is 6.28. The summed E-state index contributed by atoms with van der Waals surface area (Å²) in [6.07, 6.45) is 1.10. The fourth-order valence-corrected chi connectivity index (χ4v) is 2.45. The Labute approximate surface area is 102 Å². The van der Waals surface area contributed by atoms with E-state index in [2.05, 4.69) is 54.7 Å². The standard InChI is InChI=1S/C16H17N/c1-2-12-4-3-5-13(8-12)14-6-7-15-10-17-11-16(15)9-14/h3-9,17H,2,10-11H2,1H3. The molecular formula is C16H17N. The summed E-state index contributed by atoms with van der Waals surface area (Å²) in [6, 6.07) is 15.7. The average molecular weight is 223 g/mol. The predicted octanol–water partition coefficient (Wildman–Crippen LogP) is 3.52. The maximum absolute atomic E-state index is 3.39. The fourth-order valence-electron chi connectivity index (χ4n) is 2.45. The van der Waals surface area contributed by atoms with E-state index in [0.717, 1.165) is 19.5 Å². The van der Waals surface area contributed by atoms with Gasteiger partial charge >= 0.3 is 0 Å². The van der Waals surface area contributed by atoms with Gasteiger partial charge in [-0.25, -0.2) is 0 Å². The zero-order valence-corrected chi connectivity index (χ0v) is 10.2. The molecule has 0 aromatic heterocycles. The summed E-state index contributed by atoms with van der Waals surface area (Å²) in [6.45, 7) is 4.23. The normalized spacial score (nSPS) is 13.7. The number of rotatable bonds is 2. The Hall–Kier alpha value is -1.60. The molecule has 1 heterocycles. The molecule has 2 aromatic rings. The van der Waals surface area contributed by atoms with Crippen LogP contribution in [0.4, 0.5) is 0 Å². The van der Waals surface area contributed by atoms with Crippen LogP contribution in [0.15, 0.2) is 42.5 Å². The minimum Gasteiger partial charge on any atom is -0.309 e. The van der Waals surface area contributed by atoms with Crippen molar-refractivity contribution in [3.8, 4) is 11.1 Å². The van der Waals surface area contributed by atoms with Crippen molar-refractivity contribution < 1.29 is 0 Å². The van der Waals surface area contributed by atoms with Gasteiger partial charge in [0, 0.05) is 13.1 Å². The summed E-state index contributed by atoms with van der Waals surface area (Å²) in [4.78, 5) is 0. The largest absolute Gasteiger partial charge is 0.309 e. The van der Waals surface area contributed by atoms with Crippen LogP contribution < -0.4 is 5.32 Å². The first kappa shape index (κ1) is 10.5. The van der Waals surface area contributed by atoms with Gasteiger partial charge in [-0.3, -0.25) is 0 Å². The lowest BCUT2D eigenvalue weighted by molar-refractivity contribution is 0.765. The highest BCUT2D eigenvalue weighted by atomic mass is 14.9. The van der Waals surface area contributed by atoms with E-state index >= 15 is 0 Å². The molecule has 0 radical (unpaired) electrons. The van der Waals surface area contributed by atoms with Crippen LogP contribution >= 0.6 is 0 Å². The molecule has 0 amide bonds. The van der Waals surface area contributed by atoms with E-state index in [1.807, 2.05) is 0 Å². The average Bonchev–Trinajstić information content (AvgIpc) is 2.86. The number of benzene rings is 2. The van der Waals surface area contributed by atoms with Gasteiger partial charge in [0.25, 0.3) is 0 Å². The van der Waals surface area contributed by atoms with E-state index in [9.17, 15) is 0 Å². The van der Waals surface area contributed by atoms with Crippen LogP contribution in [0.5, 0.6) is 0 Å². The van der Waals surface area contributed by atoms with Crippen LogP contribution in [0.3, 0.4) is 0 Å². The van der Waals surface area contributed by atoms with Gasteiger partial charge in [0.05, 0.1) is 0 Å². The van der Waals surface area contributed by atoms with Crippen LogP contribution in [0.25, 0.3) is 11.1 Å². The number of hydrogen-bond donors (Lipinski definition) is 1. The second-order valence-corrected chi connectivity index (χ2v) is 4.64. The number of fused-ring (bicyclic) bond motifs is 1. The number of hydrogen-bond acceptors (Lipinski definition) is 1. The number of nitrogens with one attached hydrogen (secondary N) is 1. The van der Waals surface area contributed by atoms with E-state index in [1.165, 1.54) is 27.8 Å². The molecule has 1 aliphatic heterocycles. The molecule has 0 saturated heterocycles. The summed E-state index contributed by atoms with van der Waals surface area (Å²) in [5, 5.41) is 3.39. The van der Waals surface area contributed by atoms with Crippen molar-refractivity contribution in [2.45, 2.75) is 26.4 Å². The Morgan fingerprint density at radius 1 is 0.941 bits per heavy atom. The SMILES string of the molecule is CCc1cccc(-c2ccc3c(c2)CNC3)c1. The second-order valence-electron chi connectivity index (χ2n) is 4.64. The van der Waals surface area contributed by atoms with Crippen LogP contribution in [-0.2, 0) is 19.5 Å². The summed E-state index contributed by atoms with van der Waals surface area (Å²) in [5.41, 5.74) is 6.97. The summed E-state index contributed by atoms with van der Waals surface area (Å²) < 4.78 is 0. The third-order valence-corrected chi connectivity index (χ3v) is 3.51. The Morgan fingerprint density at radius 3 is 2.65 bits per heavy atom. The lowest BCUT2D eigenvalue weighted by Gasteiger charge is -2.06. The molecule has 1 heteroatoms. The Bertz CT molecular complexity index is 543. The van der Waals surface area contributed by atoms with Crippen molar-refractivity contribution in [3.63, 3.8) is 0 Å². The highest BCUT2D eigenvalue weighted by Gasteiger charge is 2.10. The van der Waals surface area contributed by atoms with Gasteiger partial charge in [0.1, 0.15) is 0 Å². The van der Waals surface area contributed by atoms with Crippen LogP contribution in [0.2, 0.25) is 0 Å². The molecule has 0 atom stereocenters. The molecule has 3 rings (SSSR count). The van der Waals surface area contributed by atoms with Crippen molar-refractivity contribution >= 4 is 0 Å². The Kier molecular flexibility index (Phi) is 2.69. The van der Waals surface area contributed by atoms with Gasteiger partial charge in [0.15, 0.2) is 0 Å². The third kappa shape index (κ3) is 1.98. The van der Waals surface area contributed by atoms with E-state index in [-0.39, 0.29) is 0 Å². The van der Waals surface area contributed by atoms with Gasteiger partial charge in [-0.05, 0) is 40.3 Å². The summed E-state index contributed by atoms with van der Waals surface area (Å²) >= 11 is 0. The summed E-state index contributed by atoms with van der Waals surface area (Å²) in [5.74, 6) is 0. The van der Waals surface area contributed by atoms with Gasteiger partial charge in [0.2, 0.25) is 0 Å². The third-order valence-electron chi connectivity index (χ3n) is 3.51. The smallest absolute Gasteiger partial charge is 0.0212 e. The molecule has 17 heavy (non-hydrogen) atoms. The van der Waals surface area contributed by atoms with E-state index in [1.54, 1.807) is 0 Å². The highest BCUT2D eigenvalue weighted by Crippen LogP contribution is 2.25. The maximum atomic E-state index is 3.39. The Morgan fingerprint density at radius 2 is 1.76 bits per heavy atom. The molecular weight excluding hydrogens is 206 g/mol. The zero-order chi connectivity index (χ0) is 11.7. The van der Waals surface area contributed by atoms with E-state index in [4.69, 9.17) is 0 Å². The van der Waals surface area contributed by atoms with Crippen molar-refractivity contribution in [1.29, 1.82) is 0 Å². The number of aryl methyl sites for hydroxylation is 1. The molecule has 0 unspecified atom stereocenters. The molecule has 0 saturated carbocycles. The molecule has 0 fully saturated rings. The topological polar surface area (TPSA) is 12.0 Å². The molecule has 0 aliphatic carbocycles. The second kappa shape index (κ2) is 4.34. The van der Waals surface area contributed by atoms with Crippen LogP contribution in [-0.4, -0.2) is 0 Å². The van der Waals surface area contributed by atoms with Crippen molar-refractivity contribution in [2.24, 2.45) is 0 Å². The van der Waals surface area contributed by atoms with Gasteiger partial charge in [-0.15, -0.1) is 0 Å². The summed E-state index contributed by atoms with van der Waals surface area (Å²) in [7, 11) is 0.